The van der Waals surface area contributed by atoms with Crippen LogP contribution in [0.1, 0.15) is 16.8 Å². The first kappa shape index (κ1) is 18.9. The highest BCUT2D eigenvalue weighted by molar-refractivity contribution is 5.94. The summed E-state index contributed by atoms with van der Waals surface area (Å²) in [7, 11) is 0. The van der Waals surface area contributed by atoms with Crippen LogP contribution >= 0.6 is 0 Å². The molecule has 0 spiro atoms. The van der Waals surface area contributed by atoms with E-state index < -0.39 is 0 Å². The van der Waals surface area contributed by atoms with Gasteiger partial charge in [0.25, 0.3) is 11.5 Å². The van der Waals surface area contributed by atoms with Crippen molar-refractivity contribution in [2.24, 2.45) is 0 Å². The molecule has 2 heterocycles. The molecule has 1 fully saturated rings. The third-order valence-corrected chi connectivity index (χ3v) is 5.24. The van der Waals surface area contributed by atoms with Gasteiger partial charge in [0, 0.05) is 44.7 Å². The Morgan fingerprint density at radius 1 is 0.862 bits per heavy atom. The van der Waals surface area contributed by atoms with Gasteiger partial charge in [0.1, 0.15) is 0 Å². The molecule has 0 N–H and O–H groups in total. The number of hydrogen-bond donors (Lipinski definition) is 0. The number of rotatable bonds is 4. The van der Waals surface area contributed by atoms with Gasteiger partial charge in [-0.25, -0.2) is 4.98 Å². The molecule has 1 aromatic heterocycles. The van der Waals surface area contributed by atoms with Gasteiger partial charge >= 0.3 is 0 Å². The van der Waals surface area contributed by atoms with Gasteiger partial charge in [0.05, 0.1) is 17.2 Å². The summed E-state index contributed by atoms with van der Waals surface area (Å²) in [5.41, 5.74) is 1.18. The fourth-order valence-corrected chi connectivity index (χ4v) is 3.56. The van der Waals surface area contributed by atoms with Crippen LogP contribution in [0.25, 0.3) is 10.9 Å². The zero-order valence-electron chi connectivity index (χ0n) is 16.0. The summed E-state index contributed by atoms with van der Waals surface area (Å²) in [6.45, 7) is 2.32. The Morgan fingerprint density at radius 3 is 2.28 bits per heavy atom. The predicted molar refractivity (Wildman–Crippen MR) is 110 cm³/mol. The number of nitrogens with zero attached hydrogens (tertiary/aromatic N) is 4. The van der Waals surface area contributed by atoms with E-state index in [4.69, 9.17) is 0 Å². The molecule has 1 aliphatic rings. The standard InChI is InChI=1S/C22H22N4O3/c27-20(10-11-26-16-23-19-9-5-4-8-18(19)22(26)29)24-12-14-25(15-13-24)21(28)17-6-2-1-3-7-17/h1-9,16H,10-15H2. The topological polar surface area (TPSA) is 75.5 Å². The fourth-order valence-electron chi connectivity index (χ4n) is 3.56. The van der Waals surface area contributed by atoms with E-state index in [1.807, 2.05) is 24.3 Å². The number of aryl methyl sites for hydroxylation is 1. The van der Waals surface area contributed by atoms with E-state index in [1.165, 1.54) is 10.9 Å². The van der Waals surface area contributed by atoms with Crippen molar-refractivity contribution in [1.82, 2.24) is 19.4 Å². The first-order valence-electron chi connectivity index (χ1n) is 9.70. The molecule has 148 valence electrons. The number of carbonyl (C=O) groups excluding carboxylic acids is 2. The monoisotopic (exact) mass is 390 g/mol. The molecule has 2 amide bonds. The molecule has 0 bridgehead atoms. The van der Waals surface area contributed by atoms with Crippen molar-refractivity contribution >= 4 is 22.7 Å². The largest absolute Gasteiger partial charge is 0.339 e. The van der Waals surface area contributed by atoms with Crippen molar-refractivity contribution in [1.29, 1.82) is 0 Å². The van der Waals surface area contributed by atoms with E-state index in [0.29, 0.717) is 49.2 Å². The normalized spacial score (nSPS) is 14.2. The molecular weight excluding hydrogens is 368 g/mol. The number of hydrogen-bond acceptors (Lipinski definition) is 4. The minimum Gasteiger partial charge on any atom is -0.339 e. The molecule has 0 unspecified atom stereocenters. The summed E-state index contributed by atoms with van der Waals surface area (Å²) >= 11 is 0. The lowest BCUT2D eigenvalue weighted by molar-refractivity contribution is -0.132. The van der Waals surface area contributed by atoms with Gasteiger partial charge in [-0.2, -0.15) is 0 Å². The lowest BCUT2D eigenvalue weighted by Crippen LogP contribution is -2.50. The molecule has 0 saturated carbocycles. The van der Waals surface area contributed by atoms with Crippen LogP contribution in [0.15, 0.2) is 65.7 Å². The third-order valence-electron chi connectivity index (χ3n) is 5.24. The maximum Gasteiger partial charge on any atom is 0.261 e. The second-order valence-corrected chi connectivity index (χ2v) is 7.05. The van der Waals surface area contributed by atoms with Crippen LogP contribution in [0.5, 0.6) is 0 Å². The van der Waals surface area contributed by atoms with Crippen molar-refractivity contribution < 1.29 is 9.59 Å². The van der Waals surface area contributed by atoms with Crippen LogP contribution in [0, 0.1) is 0 Å². The predicted octanol–water partition coefficient (Wildman–Crippen LogP) is 1.77. The zero-order chi connectivity index (χ0) is 20.2. The Bertz CT molecular complexity index is 1090. The van der Waals surface area contributed by atoms with Gasteiger partial charge in [0.2, 0.25) is 5.91 Å². The lowest BCUT2D eigenvalue weighted by atomic mass is 10.2. The van der Waals surface area contributed by atoms with E-state index in [9.17, 15) is 14.4 Å². The highest BCUT2D eigenvalue weighted by Crippen LogP contribution is 2.10. The number of benzene rings is 2. The molecule has 2 aromatic carbocycles. The molecule has 29 heavy (non-hydrogen) atoms. The number of amides is 2. The number of piperazine rings is 1. The molecule has 4 rings (SSSR count). The van der Waals surface area contributed by atoms with Crippen LogP contribution < -0.4 is 5.56 Å². The van der Waals surface area contributed by atoms with E-state index in [-0.39, 0.29) is 23.8 Å². The van der Waals surface area contributed by atoms with E-state index in [1.54, 1.807) is 40.1 Å². The fraction of sp³-hybridized carbons (Fsp3) is 0.273. The summed E-state index contributed by atoms with van der Waals surface area (Å²) in [4.78, 5) is 45.4. The van der Waals surface area contributed by atoms with Crippen LogP contribution in [0.4, 0.5) is 0 Å². The average Bonchev–Trinajstić information content (AvgIpc) is 2.79. The van der Waals surface area contributed by atoms with Gasteiger partial charge in [-0.05, 0) is 24.3 Å². The van der Waals surface area contributed by atoms with Gasteiger partial charge in [-0.1, -0.05) is 30.3 Å². The van der Waals surface area contributed by atoms with Crippen LogP contribution in [0.2, 0.25) is 0 Å². The minimum atomic E-state index is -0.137. The van der Waals surface area contributed by atoms with Gasteiger partial charge < -0.3 is 9.80 Å². The maximum absolute atomic E-state index is 12.6. The molecule has 7 heteroatoms. The molecule has 0 aliphatic carbocycles. The highest BCUT2D eigenvalue weighted by atomic mass is 16.2. The molecule has 3 aromatic rings. The summed E-state index contributed by atoms with van der Waals surface area (Å²) in [6.07, 6.45) is 1.72. The Morgan fingerprint density at radius 2 is 1.52 bits per heavy atom. The summed E-state index contributed by atoms with van der Waals surface area (Å²) < 4.78 is 1.48. The van der Waals surface area contributed by atoms with Gasteiger partial charge in [0.15, 0.2) is 0 Å². The van der Waals surface area contributed by atoms with E-state index in [2.05, 4.69) is 4.98 Å². The van der Waals surface area contributed by atoms with Crippen molar-refractivity contribution in [3.8, 4) is 0 Å². The molecular formula is C22H22N4O3. The van der Waals surface area contributed by atoms with Gasteiger partial charge in [-0.15, -0.1) is 0 Å². The minimum absolute atomic E-state index is 0.00788. The molecule has 0 atom stereocenters. The Labute approximate surface area is 168 Å². The maximum atomic E-state index is 12.6. The molecule has 1 aliphatic heterocycles. The lowest BCUT2D eigenvalue weighted by Gasteiger charge is -2.35. The number of fused-ring (bicyclic) bond motifs is 1. The third kappa shape index (κ3) is 4.03. The number of para-hydroxylation sites is 1. The Kier molecular flexibility index (Phi) is 5.37. The molecule has 0 radical (unpaired) electrons. The van der Waals surface area contributed by atoms with Crippen molar-refractivity contribution in [2.75, 3.05) is 26.2 Å². The quantitative estimate of drug-likeness (QED) is 0.680. The molecule has 1 saturated heterocycles. The van der Waals surface area contributed by atoms with Crippen molar-refractivity contribution in [3.63, 3.8) is 0 Å². The smallest absolute Gasteiger partial charge is 0.261 e. The first-order valence-corrected chi connectivity index (χ1v) is 9.70. The first-order chi connectivity index (χ1) is 14.1. The second kappa shape index (κ2) is 8.26. The number of carbonyl (C=O) groups is 2. The van der Waals surface area contributed by atoms with Crippen LogP contribution in [-0.4, -0.2) is 57.3 Å². The SMILES string of the molecule is O=C(CCn1cnc2ccccc2c1=O)N1CCN(C(=O)c2ccccc2)CC1. The summed E-state index contributed by atoms with van der Waals surface area (Å²) in [6, 6.07) is 16.3. The molecule has 7 nitrogen and oxygen atoms in total. The zero-order valence-corrected chi connectivity index (χ0v) is 16.0. The van der Waals surface area contributed by atoms with Gasteiger partial charge in [-0.3, -0.25) is 19.0 Å². The summed E-state index contributed by atoms with van der Waals surface area (Å²) in [5.74, 6) is -0.0247. The van der Waals surface area contributed by atoms with Crippen LogP contribution in [0.3, 0.4) is 0 Å². The number of aromatic nitrogens is 2. The second-order valence-electron chi connectivity index (χ2n) is 7.05. The highest BCUT2D eigenvalue weighted by Gasteiger charge is 2.24. The Balaban J connectivity index is 1.33. The van der Waals surface area contributed by atoms with Crippen LogP contribution in [-0.2, 0) is 11.3 Å². The van der Waals surface area contributed by atoms with E-state index in [0.717, 1.165) is 0 Å². The Hall–Kier alpha value is -3.48. The van der Waals surface area contributed by atoms with E-state index >= 15 is 0 Å². The van der Waals surface area contributed by atoms with Crippen molar-refractivity contribution in [2.45, 2.75) is 13.0 Å². The summed E-state index contributed by atoms with van der Waals surface area (Å²) in [5, 5.41) is 0.551. The average molecular weight is 390 g/mol. The van der Waals surface area contributed by atoms with Crippen molar-refractivity contribution in [3.05, 3.63) is 76.8 Å².